The van der Waals surface area contributed by atoms with Gasteiger partial charge >= 0.3 is 5.97 Å². The first-order chi connectivity index (χ1) is 8.70. The lowest BCUT2D eigenvalue weighted by atomic mass is 9.99. The summed E-state index contributed by atoms with van der Waals surface area (Å²) in [6, 6.07) is 0. The average Bonchev–Trinajstić information content (AvgIpc) is 2.98. The minimum absolute atomic E-state index is 0.0375. The number of carbonyl (C=O) groups is 1. The van der Waals surface area contributed by atoms with Crippen LogP contribution >= 0.6 is 0 Å². The van der Waals surface area contributed by atoms with Crippen LogP contribution in [0.15, 0.2) is 0 Å². The summed E-state index contributed by atoms with van der Waals surface area (Å²) in [6.07, 6.45) is 3.96. The van der Waals surface area contributed by atoms with Gasteiger partial charge in [-0.15, -0.1) is 0 Å². The molecule has 0 bridgehead atoms. The Balaban J connectivity index is 1.66. The van der Waals surface area contributed by atoms with Gasteiger partial charge in [-0.1, -0.05) is 6.92 Å². The molecule has 0 aromatic carbocycles. The summed E-state index contributed by atoms with van der Waals surface area (Å²) in [5.41, 5.74) is 0. The molecule has 0 aromatic heterocycles. The van der Waals surface area contributed by atoms with Crippen molar-refractivity contribution in [3.63, 3.8) is 0 Å². The van der Waals surface area contributed by atoms with Crippen molar-refractivity contribution >= 4 is 5.97 Å². The zero-order valence-electron chi connectivity index (χ0n) is 11.7. The van der Waals surface area contributed by atoms with Gasteiger partial charge in [0.1, 0.15) is 0 Å². The van der Waals surface area contributed by atoms with Crippen molar-refractivity contribution in [2.45, 2.75) is 26.2 Å². The number of rotatable bonds is 5. The van der Waals surface area contributed by atoms with Crippen LogP contribution in [0.2, 0.25) is 0 Å². The number of nitrogens with zero attached hydrogens (tertiary/aromatic N) is 2. The highest BCUT2D eigenvalue weighted by Crippen LogP contribution is 2.24. The fourth-order valence-electron chi connectivity index (χ4n) is 3.23. The van der Waals surface area contributed by atoms with Gasteiger partial charge < -0.3 is 14.5 Å². The minimum Gasteiger partial charge on any atom is -0.469 e. The number of methoxy groups -OCH3 is 1. The fraction of sp³-hybridized carbons (Fsp3) is 0.929. The van der Waals surface area contributed by atoms with E-state index in [1.54, 1.807) is 0 Å². The van der Waals surface area contributed by atoms with Crippen LogP contribution < -0.4 is 0 Å². The smallest absolute Gasteiger partial charge is 0.310 e. The Morgan fingerprint density at radius 1 is 1.17 bits per heavy atom. The quantitative estimate of drug-likeness (QED) is 0.691. The molecule has 0 amide bonds. The maximum atomic E-state index is 11.6. The normalized spacial score (nSPS) is 29.9. The monoisotopic (exact) mass is 254 g/mol. The van der Waals surface area contributed by atoms with Gasteiger partial charge in [0.25, 0.3) is 0 Å². The molecule has 2 saturated heterocycles. The molecule has 2 aliphatic rings. The topological polar surface area (TPSA) is 32.8 Å². The molecular formula is C14H26N2O2. The summed E-state index contributed by atoms with van der Waals surface area (Å²) in [5, 5.41) is 0. The molecular weight excluding hydrogens is 228 g/mol. The third-order valence-electron chi connectivity index (χ3n) is 4.34. The molecule has 4 heteroatoms. The second-order valence-corrected chi connectivity index (χ2v) is 5.77. The molecule has 2 fully saturated rings. The molecule has 2 atom stereocenters. The summed E-state index contributed by atoms with van der Waals surface area (Å²) in [4.78, 5) is 16.6. The van der Waals surface area contributed by atoms with E-state index in [1.165, 1.54) is 46.0 Å². The Hall–Kier alpha value is -0.610. The lowest BCUT2D eigenvalue weighted by molar-refractivity contribution is -0.146. The highest BCUT2D eigenvalue weighted by atomic mass is 16.5. The van der Waals surface area contributed by atoms with Gasteiger partial charge in [0.05, 0.1) is 13.0 Å². The molecule has 0 spiro atoms. The molecule has 2 aliphatic heterocycles. The van der Waals surface area contributed by atoms with Crippen LogP contribution in [0.25, 0.3) is 0 Å². The molecule has 0 saturated carbocycles. The molecule has 4 nitrogen and oxygen atoms in total. The summed E-state index contributed by atoms with van der Waals surface area (Å²) in [6.45, 7) is 8.97. The van der Waals surface area contributed by atoms with Crippen LogP contribution in [0.3, 0.4) is 0 Å². The first kappa shape index (κ1) is 13.8. The van der Waals surface area contributed by atoms with Crippen molar-refractivity contribution in [3.05, 3.63) is 0 Å². The zero-order valence-corrected chi connectivity index (χ0v) is 11.7. The molecule has 0 aliphatic carbocycles. The second kappa shape index (κ2) is 6.53. The number of esters is 1. The molecule has 2 unspecified atom stereocenters. The van der Waals surface area contributed by atoms with E-state index in [2.05, 4.69) is 16.7 Å². The van der Waals surface area contributed by atoms with Gasteiger partial charge in [0, 0.05) is 13.1 Å². The molecule has 0 N–H and O–H groups in total. The van der Waals surface area contributed by atoms with Crippen molar-refractivity contribution in [2.24, 2.45) is 11.8 Å². The minimum atomic E-state index is -0.0375. The average molecular weight is 254 g/mol. The molecule has 104 valence electrons. The Morgan fingerprint density at radius 3 is 2.50 bits per heavy atom. The number of hydrogen-bond acceptors (Lipinski definition) is 4. The zero-order chi connectivity index (χ0) is 13.0. The lowest BCUT2D eigenvalue weighted by Crippen LogP contribution is -2.28. The van der Waals surface area contributed by atoms with E-state index >= 15 is 0 Å². The molecule has 18 heavy (non-hydrogen) atoms. The SMILES string of the molecule is COC(=O)C1CN(CCCN2CCCC2)CC1C. The van der Waals surface area contributed by atoms with Crippen molar-refractivity contribution in [1.29, 1.82) is 0 Å². The maximum absolute atomic E-state index is 11.6. The maximum Gasteiger partial charge on any atom is 0.310 e. The number of ether oxygens (including phenoxy) is 1. The van der Waals surface area contributed by atoms with Gasteiger partial charge in [-0.05, 0) is 51.4 Å². The third kappa shape index (κ3) is 3.45. The van der Waals surface area contributed by atoms with E-state index in [1.807, 2.05) is 0 Å². The van der Waals surface area contributed by atoms with Gasteiger partial charge in [0.2, 0.25) is 0 Å². The van der Waals surface area contributed by atoms with Crippen LogP contribution in [0, 0.1) is 11.8 Å². The summed E-state index contributed by atoms with van der Waals surface area (Å²) in [5.74, 6) is 0.482. The van der Waals surface area contributed by atoms with Crippen LogP contribution in [0.1, 0.15) is 26.2 Å². The van der Waals surface area contributed by atoms with Gasteiger partial charge in [-0.2, -0.15) is 0 Å². The predicted molar refractivity (Wildman–Crippen MR) is 71.4 cm³/mol. The highest BCUT2D eigenvalue weighted by Gasteiger charge is 2.35. The first-order valence-corrected chi connectivity index (χ1v) is 7.23. The third-order valence-corrected chi connectivity index (χ3v) is 4.34. The second-order valence-electron chi connectivity index (χ2n) is 5.77. The van der Waals surface area contributed by atoms with E-state index in [0.717, 1.165) is 19.6 Å². The Labute approximate surface area is 110 Å². The number of carbonyl (C=O) groups excluding carboxylic acids is 1. The van der Waals surface area contributed by atoms with E-state index in [4.69, 9.17) is 4.74 Å². The van der Waals surface area contributed by atoms with E-state index in [0.29, 0.717) is 5.92 Å². The summed E-state index contributed by atoms with van der Waals surface area (Å²) in [7, 11) is 1.49. The van der Waals surface area contributed by atoms with E-state index < -0.39 is 0 Å². The Bertz CT molecular complexity index is 277. The summed E-state index contributed by atoms with van der Waals surface area (Å²) < 4.78 is 4.86. The van der Waals surface area contributed by atoms with E-state index in [9.17, 15) is 4.79 Å². The fourth-order valence-corrected chi connectivity index (χ4v) is 3.23. The van der Waals surface area contributed by atoms with Crippen molar-refractivity contribution in [1.82, 2.24) is 9.80 Å². The largest absolute Gasteiger partial charge is 0.469 e. The first-order valence-electron chi connectivity index (χ1n) is 7.23. The van der Waals surface area contributed by atoms with Crippen LogP contribution in [0.4, 0.5) is 0 Å². The molecule has 0 aromatic rings. The van der Waals surface area contributed by atoms with Crippen LogP contribution in [-0.4, -0.2) is 62.1 Å². The van der Waals surface area contributed by atoms with E-state index in [-0.39, 0.29) is 11.9 Å². The molecule has 2 rings (SSSR count). The number of likely N-dealkylation sites (tertiary alicyclic amines) is 2. The van der Waals surface area contributed by atoms with Crippen LogP contribution in [-0.2, 0) is 9.53 Å². The predicted octanol–water partition coefficient (Wildman–Crippen LogP) is 1.21. The van der Waals surface area contributed by atoms with Gasteiger partial charge in [-0.25, -0.2) is 0 Å². The van der Waals surface area contributed by atoms with Crippen LogP contribution in [0.5, 0.6) is 0 Å². The van der Waals surface area contributed by atoms with Crippen molar-refractivity contribution < 1.29 is 9.53 Å². The van der Waals surface area contributed by atoms with Crippen molar-refractivity contribution in [2.75, 3.05) is 46.4 Å². The number of hydrogen-bond donors (Lipinski definition) is 0. The highest BCUT2D eigenvalue weighted by molar-refractivity contribution is 5.73. The Morgan fingerprint density at radius 2 is 1.83 bits per heavy atom. The van der Waals surface area contributed by atoms with Gasteiger partial charge in [0.15, 0.2) is 0 Å². The molecule has 2 heterocycles. The van der Waals surface area contributed by atoms with Crippen molar-refractivity contribution in [3.8, 4) is 0 Å². The summed E-state index contributed by atoms with van der Waals surface area (Å²) >= 11 is 0. The van der Waals surface area contributed by atoms with Gasteiger partial charge in [-0.3, -0.25) is 4.79 Å². The molecule has 0 radical (unpaired) electrons. The Kier molecular flexibility index (Phi) is 5.01. The standard InChI is InChI=1S/C14H26N2O2/c1-12-10-16(11-13(12)14(17)18-2)9-5-8-15-6-3-4-7-15/h12-13H,3-11H2,1-2H3. The lowest BCUT2D eigenvalue weighted by Gasteiger charge is -2.18.